The zero-order valence-corrected chi connectivity index (χ0v) is 9.30. The van der Waals surface area contributed by atoms with Gasteiger partial charge >= 0.3 is 0 Å². The maximum atomic E-state index is 6.09. The predicted molar refractivity (Wildman–Crippen MR) is 62.4 cm³/mol. The van der Waals surface area contributed by atoms with Crippen molar-refractivity contribution in [2.24, 2.45) is 5.73 Å². The molecule has 0 saturated carbocycles. The summed E-state index contributed by atoms with van der Waals surface area (Å²) in [6, 6.07) is 4.46. The highest BCUT2D eigenvalue weighted by molar-refractivity contribution is 5.39. The van der Waals surface area contributed by atoms with Crippen LogP contribution in [0.25, 0.3) is 0 Å². The second-order valence-electron chi connectivity index (χ2n) is 3.94. The van der Waals surface area contributed by atoms with Crippen LogP contribution in [0.3, 0.4) is 0 Å². The van der Waals surface area contributed by atoms with Gasteiger partial charge in [-0.15, -0.1) is 6.58 Å². The number of benzene rings is 1. The van der Waals surface area contributed by atoms with E-state index < -0.39 is 0 Å². The van der Waals surface area contributed by atoms with Gasteiger partial charge in [0.2, 0.25) is 0 Å². The third-order valence-electron chi connectivity index (χ3n) is 2.53. The molecule has 0 bridgehead atoms. The molecule has 1 aromatic carbocycles. The highest BCUT2D eigenvalue weighted by Gasteiger charge is 2.10. The molecule has 1 nitrogen and oxygen atoms in total. The lowest BCUT2D eigenvalue weighted by Gasteiger charge is -2.16. The number of hydrogen-bond acceptors (Lipinski definition) is 1. The van der Waals surface area contributed by atoms with Gasteiger partial charge in [-0.05, 0) is 43.9 Å². The molecule has 0 aliphatic rings. The second-order valence-corrected chi connectivity index (χ2v) is 3.94. The summed E-state index contributed by atoms with van der Waals surface area (Å²) in [6.07, 6.45) is 2.72. The minimum atomic E-state index is 0.0908. The Labute approximate surface area is 86.6 Å². The van der Waals surface area contributed by atoms with Crippen LogP contribution in [0.15, 0.2) is 24.8 Å². The van der Waals surface area contributed by atoms with E-state index in [1.807, 2.05) is 6.08 Å². The Kier molecular flexibility index (Phi) is 3.48. The Balaban J connectivity index is 3.13. The van der Waals surface area contributed by atoms with Crippen molar-refractivity contribution in [2.45, 2.75) is 33.2 Å². The summed E-state index contributed by atoms with van der Waals surface area (Å²) in [5, 5.41) is 0. The number of nitrogens with two attached hydrogens (primary N) is 1. The summed E-state index contributed by atoms with van der Waals surface area (Å²) in [5.74, 6) is 0. The summed E-state index contributed by atoms with van der Waals surface area (Å²) in [7, 11) is 0. The van der Waals surface area contributed by atoms with Gasteiger partial charge in [-0.25, -0.2) is 0 Å². The van der Waals surface area contributed by atoms with Gasteiger partial charge in [-0.2, -0.15) is 0 Å². The molecule has 0 unspecified atom stereocenters. The Bertz CT molecular complexity index is 316. The molecule has 14 heavy (non-hydrogen) atoms. The van der Waals surface area contributed by atoms with E-state index in [1.165, 1.54) is 22.3 Å². The first-order valence-electron chi connectivity index (χ1n) is 5.00. The van der Waals surface area contributed by atoms with Gasteiger partial charge in [-0.3, -0.25) is 0 Å². The van der Waals surface area contributed by atoms with E-state index in [0.717, 1.165) is 6.42 Å². The van der Waals surface area contributed by atoms with Crippen LogP contribution in [0.5, 0.6) is 0 Å². The maximum Gasteiger partial charge on any atom is 0.0334 e. The predicted octanol–water partition coefficient (Wildman–Crippen LogP) is 3.19. The lowest BCUT2D eigenvalue weighted by atomic mass is 9.93. The highest BCUT2D eigenvalue weighted by atomic mass is 14.6. The Hall–Kier alpha value is -1.08. The first kappa shape index (κ1) is 11.0. The largest absolute Gasteiger partial charge is 0.324 e. The van der Waals surface area contributed by atoms with E-state index in [0.29, 0.717) is 0 Å². The molecule has 1 heteroatoms. The normalized spacial score (nSPS) is 12.6. The topological polar surface area (TPSA) is 26.0 Å². The third-order valence-corrected chi connectivity index (χ3v) is 2.53. The van der Waals surface area contributed by atoms with E-state index in [1.54, 1.807) is 0 Å². The zero-order chi connectivity index (χ0) is 10.7. The van der Waals surface area contributed by atoms with Crippen molar-refractivity contribution in [3.05, 3.63) is 47.0 Å². The molecule has 1 rings (SSSR count). The zero-order valence-electron chi connectivity index (χ0n) is 9.30. The lowest BCUT2D eigenvalue weighted by Crippen LogP contribution is -2.12. The van der Waals surface area contributed by atoms with Crippen molar-refractivity contribution in [3.63, 3.8) is 0 Å². The molecule has 0 spiro atoms. The summed E-state index contributed by atoms with van der Waals surface area (Å²) in [6.45, 7) is 10.1. The summed E-state index contributed by atoms with van der Waals surface area (Å²) < 4.78 is 0. The van der Waals surface area contributed by atoms with Gasteiger partial charge in [0.25, 0.3) is 0 Å². The molecule has 0 amide bonds. The molecule has 2 N–H and O–H groups in total. The molecule has 0 saturated heterocycles. The lowest BCUT2D eigenvalue weighted by molar-refractivity contribution is 0.729. The van der Waals surface area contributed by atoms with Crippen LogP contribution in [0.2, 0.25) is 0 Å². The van der Waals surface area contributed by atoms with Crippen molar-refractivity contribution in [3.8, 4) is 0 Å². The molecule has 0 aliphatic heterocycles. The van der Waals surface area contributed by atoms with E-state index in [-0.39, 0.29) is 6.04 Å². The quantitative estimate of drug-likeness (QED) is 0.726. The minimum absolute atomic E-state index is 0.0908. The van der Waals surface area contributed by atoms with Gasteiger partial charge in [0.05, 0.1) is 0 Å². The SMILES string of the molecule is C=CC[C@@H](N)c1c(C)cc(C)cc1C. The van der Waals surface area contributed by atoms with Gasteiger partial charge < -0.3 is 5.73 Å². The molecular weight excluding hydrogens is 170 g/mol. The molecular formula is C13H19N. The Morgan fingerprint density at radius 1 is 1.29 bits per heavy atom. The minimum Gasteiger partial charge on any atom is -0.324 e. The van der Waals surface area contributed by atoms with Gasteiger partial charge in [0.1, 0.15) is 0 Å². The van der Waals surface area contributed by atoms with Crippen molar-refractivity contribution in [1.29, 1.82) is 0 Å². The van der Waals surface area contributed by atoms with E-state index in [9.17, 15) is 0 Å². The fraction of sp³-hybridized carbons (Fsp3) is 0.385. The van der Waals surface area contributed by atoms with Gasteiger partial charge in [0, 0.05) is 6.04 Å². The molecule has 76 valence electrons. The van der Waals surface area contributed by atoms with Crippen molar-refractivity contribution < 1.29 is 0 Å². The number of hydrogen-bond donors (Lipinski definition) is 1. The maximum absolute atomic E-state index is 6.09. The van der Waals surface area contributed by atoms with E-state index >= 15 is 0 Å². The molecule has 0 fully saturated rings. The van der Waals surface area contributed by atoms with Gasteiger partial charge in [-0.1, -0.05) is 23.8 Å². The number of aryl methyl sites for hydroxylation is 3. The summed E-state index contributed by atoms with van der Waals surface area (Å²) >= 11 is 0. The van der Waals surface area contributed by atoms with Crippen LogP contribution >= 0.6 is 0 Å². The first-order valence-corrected chi connectivity index (χ1v) is 5.00. The van der Waals surface area contributed by atoms with Crippen molar-refractivity contribution >= 4 is 0 Å². The average molecular weight is 189 g/mol. The molecule has 0 aliphatic carbocycles. The fourth-order valence-electron chi connectivity index (χ4n) is 2.07. The van der Waals surface area contributed by atoms with Crippen molar-refractivity contribution in [1.82, 2.24) is 0 Å². The standard InChI is InChI=1S/C13H19N/c1-5-6-12(14)13-10(3)7-9(2)8-11(13)4/h5,7-8,12H,1,6,14H2,2-4H3/t12-/m1/s1. The highest BCUT2D eigenvalue weighted by Crippen LogP contribution is 2.24. The average Bonchev–Trinajstić information content (AvgIpc) is 2.01. The second kappa shape index (κ2) is 4.43. The van der Waals surface area contributed by atoms with E-state index in [2.05, 4.69) is 39.5 Å². The monoisotopic (exact) mass is 189 g/mol. The van der Waals surface area contributed by atoms with Crippen molar-refractivity contribution in [2.75, 3.05) is 0 Å². The molecule has 0 radical (unpaired) electrons. The van der Waals surface area contributed by atoms with Crippen LogP contribution in [0.4, 0.5) is 0 Å². The molecule has 0 aromatic heterocycles. The fourth-order valence-corrected chi connectivity index (χ4v) is 2.07. The van der Waals surface area contributed by atoms with Crippen LogP contribution in [-0.4, -0.2) is 0 Å². The van der Waals surface area contributed by atoms with E-state index in [4.69, 9.17) is 5.73 Å². The smallest absolute Gasteiger partial charge is 0.0334 e. The van der Waals surface area contributed by atoms with Crippen LogP contribution in [0, 0.1) is 20.8 Å². The Morgan fingerprint density at radius 2 is 1.79 bits per heavy atom. The third kappa shape index (κ3) is 2.24. The number of rotatable bonds is 3. The van der Waals surface area contributed by atoms with Crippen LogP contribution in [-0.2, 0) is 0 Å². The first-order chi connectivity index (χ1) is 6.56. The molecule has 0 heterocycles. The van der Waals surface area contributed by atoms with Crippen LogP contribution < -0.4 is 5.73 Å². The van der Waals surface area contributed by atoms with Gasteiger partial charge in [0.15, 0.2) is 0 Å². The Morgan fingerprint density at radius 3 is 2.21 bits per heavy atom. The summed E-state index contributed by atoms with van der Waals surface area (Å²) in [4.78, 5) is 0. The molecule has 1 aromatic rings. The van der Waals surface area contributed by atoms with Crippen LogP contribution in [0.1, 0.15) is 34.7 Å². The molecule has 1 atom stereocenters. The summed E-state index contributed by atoms with van der Waals surface area (Å²) in [5.41, 5.74) is 11.2.